The maximum Gasteiger partial charge on any atom is 0.317 e. The summed E-state index contributed by atoms with van der Waals surface area (Å²) >= 11 is 0. The molecule has 0 aromatic heterocycles. The number of aliphatic hydroxyl groups excluding tert-OH is 1. The molecule has 226 valence electrons. The fourth-order valence-electron chi connectivity index (χ4n) is 4.82. The molecule has 2 heterocycles. The number of benzene rings is 3. The highest BCUT2D eigenvalue weighted by Gasteiger charge is 2.41. The SMILES string of the molecule is CCOC(=O)CC(=O)OC[C@@H]1Oc2ccc([C@H]3Oc4cc(O)cc(O)c4C(=O)[C@@H]3O)cc2O[C@H]1c1ccc(O)c(OC)c1. The maximum atomic E-state index is 12.9. The van der Waals surface area contributed by atoms with Crippen molar-refractivity contribution in [1.29, 1.82) is 0 Å². The Balaban J connectivity index is 1.44. The van der Waals surface area contributed by atoms with E-state index in [0.717, 1.165) is 12.1 Å². The molecule has 0 saturated heterocycles. The van der Waals surface area contributed by atoms with Crippen molar-refractivity contribution in [2.24, 2.45) is 0 Å². The Morgan fingerprint density at radius 3 is 2.26 bits per heavy atom. The van der Waals surface area contributed by atoms with E-state index in [4.69, 9.17) is 28.4 Å². The number of rotatable bonds is 8. The molecule has 0 aliphatic carbocycles. The normalized spacial score (nSPS) is 20.4. The summed E-state index contributed by atoms with van der Waals surface area (Å²) in [5, 5.41) is 40.8. The lowest BCUT2D eigenvalue weighted by atomic mass is 9.92. The minimum Gasteiger partial charge on any atom is -0.508 e. The van der Waals surface area contributed by atoms with Crippen LogP contribution in [0.1, 0.15) is 47.0 Å². The van der Waals surface area contributed by atoms with Crippen LogP contribution in [0.25, 0.3) is 0 Å². The molecule has 0 amide bonds. The van der Waals surface area contributed by atoms with E-state index >= 15 is 0 Å². The van der Waals surface area contributed by atoms with Crippen LogP contribution in [0.4, 0.5) is 0 Å². The van der Waals surface area contributed by atoms with Gasteiger partial charge in [-0.15, -0.1) is 0 Å². The van der Waals surface area contributed by atoms with Crippen molar-refractivity contribution in [1.82, 2.24) is 0 Å². The summed E-state index contributed by atoms with van der Waals surface area (Å²) in [5.41, 5.74) is 0.556. The van der Waals surface area contributed by atoms with Crippen LogP contribution < -0.4 is 18.9 Å². The van der Waals surface area contributed by atoms with Gasteiger partial charge in [-0.05, 0) is 36.8 Å². The van der Waals surface area contributed by atoms with Crippen LogP contribution in [0, 0.1) is 0 Å². The molecule has 0 spiro atoms. The number of carbonyl (C=O) groups excluding carboxylic acids is 3. The Morgan fingerprint density at radius 2 is 1.51 bits per heavy atom. The van der Waals surface area contributed by atoms with Crippen molar-refractivity contribution in [2.45, 2.75) is 37.8 Å². The molecule has 5 rings (SSSR count). The van der Waals surface area contributed by atoms with Gasteiger partial charge in [0, 0.05) is 17.7 Å². The Kier molecular flexibility index (Phi) is 8.17. The van der Waals surface area contributed by atoms with E-state index in [-0.39, 0.29) is 53.3 Å². The van der Waals surface area contributed by atoms with Gasteiger partial charge in [0.05, 0.1) is 13.7 Å². The van der Waals surface area contributed by atoms with E-state index in [0.29, 0.717) is 11.1 Å². The Bertz CT molecular complexity index is 1570. The number of methoxy groups -OCH3 is 1. The second-order valence-electron chi connectivity index (χ2n) is 9.68. The van der Waals surface area contributed by atoms with Gasteiger partial charge in [0.2, 0.25) is 5.78 Å². The number of ether oxygens (including phenoxy) is 6. The lowest BCUT2D eigenvalue weighted by molar-refractivity contribution is -0.157. The topological polar surface area (TPSA) is 188 Å². The number of ketones is 1. The van der Waals surface area contributed by atoms with Crippen LogP contribution >= 0.6 is 0 Å². The molecule has 0 unspecified atom stereocenters. The zero-order valence-electron chi connectivity index (χ0n) is 23.0. The first-order valence-electron chi connectivity index (χ1n) is 13.2. The van der Waals surface area contributed by atoms with Crippen molar-refractivity contribution in [3.05, 3.63) is 65.2 Å². The molecule has 3 aromatic carbocycles. The van der Waals surface area contributed by atoms with Crippen LogP contribution in [0.15, 0.2) is 48.5 Å². The minimum atomic E-state index is -1.69. The average Bonchev–Trinajstić information content (AvgIpc) is 2.97. The molecule has 3 aromatic rings. The third-order valence-corrected chi connectivity index (χ3v) is 6.82. The fraction of sp³-hybridized carbons (Fsp3) is 0.300. The molecule has 13 nitrogen and oxygen atoms in total. The summed E-state index contributed by atoms with van der Waals surface area (Å²) < 4.78 is 33.5. The van der Waals surface area contributed by atoms with Crippen molar-refractivity contribution >= 4 is 17.7 Å². The number of phenolic OH excluding ortho intramolecular Hbond substituents is 3. The molecule has 43 heavy (non-hydrogen) atoms. The molecule has 2 aliphatic rings. The number of fused-ring (bicyclic) bond motifs is 2. The number of hydrogen-bond acceptors (Lipinski definition) is 13. The van der Waals surface area contributed by atoms with Gasteiger partial charge in [0.25, 0.3) is 0 Å². The van der Waals surface area contributed by atoms with Crippen LogP contribution in [0.5, 0.6) is 40.2 Å². The fourth-order valence-corrected chi connectivity index (χ4v) is 4.82. The number of esters is 2. The van der Waals surface area contributed by atoms with Gasteiger partial charge in [-0.25, -0.2) is 0 Å². The lowest BCUT2D eigenvalue weighted by Gasteiger charge is -2.35. The molecule has 0 saturated carbocycles. The molecule has 2 aliphatic heterocycles. The van der Waals surface area contributed by atoms with Gasteiger partial charge >= 0.3 is 11.9 Å². The van der Waals surface area contributed by atoms with Crippen LogP contribution in [-0.2, 0) is 19.1 Å². The van der Waals surface area contributed by atoms with E-state index < -0.39 is 54.3 Å². The maximum absolute atomic E-state index is 12.9. The highest BCUT2D eigenvalue weighted by atomic mass is 16.6. The number of Topliss-reactive ketones (excluding diaryl/α,β-unsaturated/α-hetero) is 1. The first kappa shape index (κ1) is 29.3. The Morgan fingerprint density at radius 1 is 0.814 bits per heavy atom. The van der Waals surface area contributed by atoms with E-state index in [1.807, 2.05) is 0 Å². The first-order valence-corrected chi connectivity index (χ1v) is 13.2. The second kappa shape index (κ2) is 12.0. The van der Waals surface area contributed by atoms with E-state index in [2.05, 4.69) is 0 Å². The quantitative estimate of drug-likeness (QED) is 0.220. The molecule has 13 heteroatoms. The van der Waals surface area contributed by atoms with Gasteiger partial charge in [-0.2, -0.15) is 0 Å². The van der Waals surface area contributed by atoms with E-state index in [1.165, 1.54) is 37.4 Å². The Labute approximate surface area is 244 Å². The highest BCUT2D eigenvalue weighted by molar-refractivity contribution is 6.05. The monoisotopic (exact) mass is 596 g/mol. The zero-order chi connectivity index (χ0) is 30.8. The van der Waals surface area contributed by atoms with Crippen molar-refractivity contribution in [3.8, 4) is 40.2 Å². The van der Waals surface area contributed by atoms with Gasteiger partial charge in [-0.3, -0.25) is 14.4 Å². The average molecular weight is 597 g/mol. The highest BCUT2D eigenvalue weighted by Crippen LogP contribution is 2.46. The number of aromatic hydroxyl groups is 3. The Hall–Kier alpha value is -5.17. The largest absolute Gasteiger partial charge is 0.508 e. The second-order valence-corrected chi connectivity index (χ2v) is 9.68. The number of aliphatic hydroxyl groups is 1. The summed E-state index contributed by atoms with van der Waals surface area (Å²) in [7, 11) is 1.38. The molecule has 4 atom stereocenters. The standard InChI is InChI=1S/C30H28O13/c1-3-39-24(34)12-25(35)40-13-23-29(14-4-6-17(32)20(8-14)38-2)42-21-9-15(5-7-19(21)41-23)30-28(37)27(36)26-18(33)10-16(31)11-22(26)43-30/h4-11,23,28-33,37H,3,12-13H2,1-2H3/t23-,28-,29-,30+/m0/s1. The molecule has 4 N–H and O–H groups in total. The third-order valence-electron chi connectivity index (χ3n) is 6.82. The predicted molar refractivity (Wildman–Crippen MR) is 145 cm³/mol. The molecule has 0 bridgehead atoms. The van der Waals surface area contributed by atoms with Crippen LogP contribution in [-0.4, -0.2) is 70.7 Å². The number of carbonyl (C=O) groups is 3. The minimum absolute atomic E-state index is 0.105. The third kappa shape index (κ3) is 5.93. The number of hydrogen-bond donors (Lipinski definition) is 4. The van der Waals surface area contributed by atoms with Crippen LogP contribution in [0.2, 0.25) is 0 Å². The van der Waals surface area contributed by atoms with E-state index in [9.17, 15) is 34.8 Å². The van der Waals surface area contributed by atoms with Gasteiger partial charge in [-0.1, -0.05) is 12.1 Å². The summed E-state index contributed by atoms with van der Waals surface area (Å²) in [6, 6.07) is 11.2. The smallest absolute Gasteiger partial charge is 0.317 e. The zero-order valence-corrected chi connectivity index (χ0v) is 23.0. The van der Waals surface area contributed by atoms with Crippen molar-refractivity contribution in [2.75, 3.05) is 20.3 Å². The van der Waals surface area contributed by atoms with Crippen molar-refractivity contribution in [3.63, 3.8) is 0 Å². The molecular weight excluding hydrogens is 568 g/mol. The number of phenols is 3. The van der Waals surface area contributed by atoms with Crippen LogP contribution in [0.3, 0.4) is 0 Å². The summed E-state index contributed by atoms with van der Waals surface area (Å²) in [5.74, 6) is -2.84. The summed E-state index contributed by atoms with van der Waals surface area (Å²) in [6.07, 6.45) is -5.31. The van der Waals surface area contributed by atoms with Gasteiger partial charge in [0.1, 0.15) is 35.8 Å². The molecule has 0 radical (unpaired) electrons. The predicted octanol–water partition coefficient (Wildman–Crippen LogP) is 2.87. The molecule has 0 fully saturated rings. The molecular formula is C30H28O13. The lowest BCUT2D eigenvalue weighted by Crippen LogP contribution is -2.38. The van der Waals surface area contributed by atoms with Gasteiger partial charge < -0.3 is 48.8 Å². The summed E-state index contributed by atoms with van der Waals surface area (Å²) in [4.78, 5) is 36.8. The van der Waals surface area contributed by atoms with Gasteiger partial charge in [0.15, 0.2) is 47.4 Å². The first-order chi connectivity index (χ1) is 20.6. The van der Waals surface area contributed by atoms with Crippen molar-refractivity contribution < 1.29 is 63.2 Å². The van der Waals surface area contributed by atoms with E-state index in [1.54, 1.807) is 13.0 Å². The summed E-state index contributed by atoms with van der Waals surface area (Å²) in [6.45, 7) is 1.42.